The number of para-hydroxylation sites is 1. The summed E-state index contributed by atoms with van der Waals surface area (Å²) in [5.41, 5.74) is 3.73. The Morgan fingerprint density at radius 1 is 1.05 bits per heavy atom. The van der Waals surface area contributed by atoms with Crippen molar-refractivity contribution in [2.24, 2.45) is 0 Å². The van der Waals surface area contributed by atoms with E-state index in [4.69, 9.17) is 0 Å². The number of aromatic nitrogens is 1. The van der Waals surface area contributed by atoms with Crippen LogP contribution in [0.25, 0.3) is 10.9 Å². The molecule has 2 aromatic carbocycles. The first-order valence-electron chi connectivity index (χ1n) is 6.66. The van der Waals surface area contributed by atoms with Crippen LogP contribution in [0.3, 0.4) is 0 Å². The number of benzene rings is 2. The minimum atomic E-state index is 0.139. The summed E-state index contributed by atoms with van der Waals surface area (Å²) in [6.45, 7) is 1.96. The van der Waals surface area contributed by atoms with E-state index in [1.807, 2.05) is 61.5 Å². The first kappa shape index (κ1) is 12.5. The van der Waals surface area contributed by atoms with Gasteiger partial charge in [-0.2, -0.15) is 0 Å². The van der Waals surface area contributed by atoms with Gasteiger partial charge in [-0.1, -0.05) is 42.5 Å². The molecule has 98 valence electrons. The van der Waals surface area contributed by atoms with Gasteiger partial charge in [-0.25, -0.2) is 0 Å². The maximum Gasteiger partial charge on any atom is 0.167 e. The number of ketones is 1. The Hall–Kier alpha value is -2.48. The number of hydrogen-bond donors (Lipinski definition) is 0. The summed E-state index contributed by atoms with van der Waals surface area (Å²) in [5, 5.41) is 1.07. The second-order valence-corrected chi connectivity index (χ2v) is 4.95. The first-order valence-corrected chi connectivity index (χ1v) is 6.66. The molecule has 0 bridgehead atoms. The molecule has 20 heavy (non-hydrogen) atoms. The molecule has 0 spiro atoms. The Morgan fingerprint density at radius 2 is 1.80 bits per heavy atom. The highest BCUT2D eigenvalue weighted by atomic mass is 16.1. The van der Waals surface area contributed by atoms with Crippen molar-refractivity contribution in [2.45, 2.75) is 13.3 Å². The molecule has 3 aromatic rings. The fraction of sp³-hybridized carbons (Fsp3) is 0.111. The van der Waals surface area contributed by atoms with Crippen LogP contribution < -0.4 is 0 Å². The molecular weight excluding hydrogens is 246 g/mol. The number of Topliss-reactive ketones (excluding diaryl/α,β-unsaturated/α-hetero) is 1. The summed E-state index contributed by atoms with van der Waals surface area (Å²) in [6, 6.07) is 17.7. The van der Waals surface area contributed by atoms with Gasteiger partial charge in [0.25, 0.3) is 0 Å². The Balaban J connectivity index is 1.89. The van der Waals surface area contributed by atoms with E-state index >= 15 is 0 Å². The van der Waals surface area contributed by atoms with Crippen LogP contribution in [0.1, 0.15) is 21.5 Å². The summed E-state index contributed by atoms with van der Waals surface area (Å²) < 4.78 is 0. The molecule has 0 saturated heterocycles. The van der Waals surface area contributed by atoms with Crippen molar-refractivity contribution >= 4 is 16.7 Å². The lowest BCUT2D eigenvalue weighted by molar-refractivity contribution is 0.0992. The largest absolute Gasteiger partial charge is 0.294 e. The quantitative estimate of drug-likeness (QED) is 0.668. The van der Waals surface area contributed by atoms with Crippen molar-refractivity contribution in [2.75, 3.05) is 0 Å². The van der Waals surface area contributed by atoms with Gasteiger partial charge in [0.2, 0.25) is 0 Å². The van der Waals surface area contributed by atoms with Crippen molar-refractivity contribution in [1.29, 1.82) is 0 Å². The average Bonchev–Trinajstić information content (AvgIpc) is 2.47. The van der Waals surface area contributed by atoms with Crippen molar-refractivity contribution in [3.05, 3.63) is 77.5 Å². The number of carbonyl (C=O) groups is 1. The summed E-state index contributed by atoms with van der Waals surface area (Å²) >= 11 is 0. The molecule has 0 amide bonds. The molecule has 0 N–H and O–H groups in total. The predicted octanol–water partition coefficient (Wildman–Crippen LogP) is 3.97. The first-order chi connectivity index (χ1) is 9.74. The molecule has 0 saturated carbocycles. The second-order valence-electron chi connectivity index (χ2n) is 4.95. The highest BCUT2D eigenvalue weighted by molar-refractivity contribution is 5.99. The molecule has 0 aliphatic rings. The highest BCUT2D eigenvalue weighted by Crippen LogP contribution is 2.16. The van der Waals surface area contributed by atoms with E-state index in [0.717, 1.165) is 27.6 Å². The van der Waals surface area contributed by atoms with Gasteiger partial charge in [-0.3, -0.25) is 9.78 Å². The molecule has 0 fully saturated rings. The summed E-state index contributed by atoms with van der Waals surface area (Å²) in [4.78, 5) is 16.7. The van der Waals surface area contributed by atoms with Crippen LogP contribution in [-0.4, -0.2) is 10.8 Å². The topological polar surface area (TPSA) is 30.0 Å². The fourth-order valence-corrected chi connectivity index (χ4v) is 2.38. The number of carbonyl (C=O) groups excluding carboxylic acids is 1. The zero-order valence-corrected chi connectivity index (χ0v) is 11.3. The Kier molecular flexibility index (Phi) is 3.30. The Morgan fingerprint density at radius 3 is 2.65 bits per heavy atom. The Labute approximate surface area is 118 Å². The monoisotopic (exact) mass is 261 g/mol. The standard InChI is InChI=1S/C18H15NO/c1-13-6-2-4-8-16(13)18(20)11-14-10-15-7-3-5-9-17(15)19-12-14/h2-10,12H,11H2,1H3. The number of rotatable bonds is 3. The summed E-state index contributed by atoms with van der Waals surface area (Å²) in [6.07, 6.45) is 2.18. The molecule has 1 heterocycles. The fourth-order valence-electron chi connectivity index (χ4n) is 2.38. The number of pyridine rings is 1. The van der Waals surface area contributed by atoms with Gasteiger partial charge < -0.3 is 0 Å². The van der Waals surface area contributed by atoms with Crippen LogP contribution in [-0.2, 0) is 6.42 Å². The molecule has 3 rings (SSSR count). The maximum atomic E-state index is 12.3. The third-order valence-corrected chi connectivity index (χ3v) is 3.46. The molecule has 0 aliphatic heterocycles. The minimum absolute atomic E-state index is 0.139. The van der Waals surface area contributed by atoms with Crippen molar-refractivity contribution in [3.8, 4) is 0 Å². The third kappa shape index (κ3) is 2.45. The van der Waals surface area contributed by atoms with E-state index in [2.05, 4.69) is 4.98 Å². The van der Waals surface area contributed by atoms with Gasteiger partial charge in [0.15, 0.2) is 5.78 Å². The van der Waals surface area contributed by atoms with Gasteiger partial charge in [0, 0.05) is 23.6 Å². The highest BCUT2D eigenvalue weighted by Gasteiger charge is 2.09. The maximum absolute atomic E-state index is 12.3. The zero-order valence-electron chi connectivity index (χ0n) is 11.3. The molecular formula is C18H15NO. The van der Waals surface area contributed by atoms with Crippen LogP contribution in [0.2, 0.25) is 0 Å². The molecule has 0 atom stereocenters. The van der Waals surface area contributed by atoms with E-state index in [9.17, 15) is 4.79 Å². The molecule has 0 aliphatic carbocycles. The zero-order chi connectivity index (χ0) is 13.9. The van der Waals surface area contributed by atoms with Crippen molar-refractivity contribution in [1.82, 2.24) is 4.98 Å². The van der Waals surface area contributed by atoms with Crippen LogP contribution in [0.4, 0.5) is 0 Å². The molecule has 1 aromatic heterocycles. The molecule has 2 heteroatoms. The van der Waals surface area contributed by atoms with Crippen LogP contribution in [0.15, 0.2) is 60.8 Å². The predicted molar refractivity (Wildman–Crippen MR) is 81.0 cm³/mol. The lowest BCUT2D eigenvalue weighted by atomic mass is 9.99. The summed E-state index contributed by atoms with van der Waals surface area (Å²) in [7, 11) is 0. The molecule has 0 unspecified atom stereocenters. The van der Waals surface area contributed by atoms with Crippen molar-refractivity contribution in [3.63, 3.8) is 0 Å². The van der Waals surface area contributed by atoms with Gasteiger partial charge in [-0.15, -0.1) is 0 Å². The lowest BCUT2D eigenvalue weighted by Crippen LogP contribution is -2.05. The van der Waals surface area contributed by atoms with E-state index in [0.29, 0.717) is 6.42 Å². The number of hydrogen-bond acceptors (Lipinski definition) is 2. The SMILES string of the molecule is Cc1ccccc1C(=O)Cc1cnc2ccccc2c1. The van der Waals surface area contributed by atoms with Crippen molar-refractivity contribution < 1.29 is 4.79 Å². The van der Waals surface area contributed by atoms with Gasteiger partial charge in [0.05, 0.1) is 5.52 Å². The Bertz CT molecular complexity index is 777. The van der Waals surface area contributed by atoms with E-state index in [1.54, 1.807) is 6.20 Å². The third-order valence-electron chi connectivity index (χ3n) is 3.46. The van der Waals surface area contributed by atoms with Crippen LogP contribution >= 0.6 is 0 Å². The molecule has 2 nitrogen and oxygen atoms in total. The minimum Gasteiger partial charge on any atom is -0.294 e. The van der Waals surface area contributed by atoms with E-state index in [-0.39, 0.29) is 5.78 Å². The summed E-state index contributed by atoms with van der Waals surface area (Å²) in [5.74, 6) is 0.139. The lowest BCUT2D eigenvalue weighted by Gasteiger charge is -2.05. The normalized spacial score (nSPS) is 10.7. The van der Waals surface area contributed by atoms with E-state index in [1.165, 1.54) is 0 Å². The van der Waals surface area contributed by atoms with Crippen LogP contribution in [0.5, 0.6) is 0 Å². The number of aryl methyl sites for hydroxylation is 1. The number of fused-ring (bicyclic) bond motifs is 1. The number of nitrogens with zero attached hydrogens (tertiary/aromatic N) is 1. The van der Waals surface area contributed by atoms with Crippen LogP contribution in [0, 0.1) is 6.92 Å². The van der Waals surface area contributed by atoms with Gasteiger partial charge >= 0.3 is 0 Å². The smallest absolute Gasteiger partial charge is 0.167 e. The average molecular weight is 261 g/mol. The second kappa shape index (κ2) is 5.25. The molecule has 0 radical (unpaired) electrons. The van der Waals surface area contributed by atoms with Gasteiger partial charge in [0.1, 0.15) is 0 Å². The van der Waals surface area contributed by atoms with Gasteiger partial charge in [-0.05, 0) is 30.2 Å². The van der Waals surface area contributed by atoms with E-state index < -0.39 is 0 Å².